The zero-order valence-electron chi connectivity index (χ0n) is 10.6. The second kappa shape index (κ2) is 6.21. The summed E-state index contributed by atoms with van der Waals surface area (Å²) in [5.41, 5.74) is 5.83. The molecule has 1 aliphatic rings. The normalized spacial score (nSPS) is 28.8. The Morgan fingerprint density at radius 2 is 2.19 bits per heavy atom. The molecule has 94 valence electrons. The number of carbonyl (C=O) groups excluding carboxylic acids is 1. The minimum absolute atomic E-state index is 0.284. The van der Waals surface area contributed by atoms with Gasteiger partial charge in [-0.05, 0) is 32.6 Å². The first-order chi connectivity index (χ1) is 7.54. The molecule has 3 atom stereocenters. The zero-order chi connectivity index (χ0) is 12.1. The fourth-order valence-electron chi connectivity index (χ4n) is 2.21. The molecule has 1 saturated heterocycles. The Hall–Kier alpha value is -0.610. The van der Waals surface area contributed by atoms with Crippen molar-refractivity contribution >= 4 is 5.97 Å². The van der Waals surface area contributed by atoms with E-state index in [2.05, 4.69) is 18.7 Å². The second-order valence-electron chi connectivity index (χ2n) is 4.84. The van der Waals surface area contributed by atoms with E-state index in [0.29, 0.717) is 25.1 Å². The van der Waals surface area contributed by atoms with Crippen LogP contribution in [0.4, 0.5) is 0 Å². The van der Waals surface area contributed by atoms with Gasteiger partial charge in [0.2, 0.25) is 0 Å². The topological polar surface area (TPSA) is 55.6 Å². The summed E-state index contributed by atoms with van der Waals surface area (Å²) in [5, 5.41) is 0. The maximum absolute atomic E-state index is 11.4. The number of hydrogen-bond donors (Lipinski definition) is 1. The molecule has 0 aromatic heterocycles. The molecular formula is C12H24N2O2. The molecule has 1 heterocycles. The van der Waals surface area contributed by atoms with E-state index in [0.717, 1.165) is 6.54 Å². The van der Waals surface area contributed by atoms with E-state index >= 15 is 0 Å². The number of nitrogens with zero attached hydrogens (tertiary/aromatic N) is 1. The Morgan fingerprint density at radius 1 is 1.50 bits per heavy atom. The maximum Gasteiger partial charge on any atom is 0.324 e. The molecule has 0 aromatic rings. The van der Waals surface area contributed by atoms with Crippen LogP contribution >= 0.6 is 0 Å². The summed E-state index contributed by atoms with van der Waals surface area (Å²) in [6, 6.07) is 0.0179. The van der Waals surface area contributed by atoms with Crippen molar-refractivity contribution in [1.82, 2.24) is 4.90 Å². The number of esters is 1. The molecule has 4 nitrogen and oxygen atoms in total. The van der Waals surface area contributed by atoms with Gasteiger partial charge in [-0.3, -0.25) is 9.69 Å². The molecule has 0 radical (unpaired) electrons. The first-order valence-corrected chi connectivity index (χ1v) is 6.20. The highest BCUT2D eigenvalue weighted by atomic mass is 16.5. The average Bonchev–Trinajstić information content (AvgIpc) is 2.23. The second-order valence-corrected chi connectivity index (χ2v) is 4.84. The molecule has 0 aliphatic carbocycles. The number of carbonyl (C=O) groups is 1. The van der Waals surface area contributed by atoms with Gasteiger partial charge in [-0.1, -0.05) is 6.92 Å². The Kier molecular flexibility index (Phi) is 5.22. The molecule has 0 bridgehead atoms. The summed E-state index contributed by atoms with van der Waals surface area (Å²) in [7, 11) is 0. The van der Waals surface area contributed by atoms with Gasteiger partial charge in [0, 0.05) is 19.1 Å². The van der Waals surface area contributed by atoms with Crippen molar-refractivity contribution in [3.63, 3.8) is 0 Å². The smallest absolute Gasteiger partial charge is 0.324 e. The highest BCUT2D eigenvalue weighted by Crippen LogP contribution is 2.21. The number of rotatable bonds is 4. The predicted octanol–water partition coefficient (Wildman–Crippen LogP) is 0.997. The summed E-state index contributed by atoms with van der Waals surface area (Å²) in [6.45, 7) is 8.30. The highest BCUT2D eigenvalue weighted by Gasteiger charge is 2.26. The summed E-state index contributed by atoms with van der Waals surface area (Å²) >= 11 is 0. The van der Waals surface area contributed by atoms with E-state index < -0.39 is 6.04 Å². The van der Waals surface area contributed by atoms with Gasteiger partial charge < -0.3 is 10.5 Å². The lowest BCUT2D eigenvalue weighted by molar-refractivity contribution is -0.145. The van der Waals surface area contributed by atoms with E-state index in [9.17, 15) is 4.79 Å². The molecule has 1 aliphatic heterocycles. The van der Waals surface area contributed by atoms with E-state index in [1.807, 2.05) is 0 Å². The number of ether oxygens (including phenoxy) is 1. The summed E-state index contributed by atoms with van der Waals surface area (Å²) < 4.78 is 4.92. The number of piperidine rings is 1. The summed E-state index contributed by atoms with van der Waals surface area (Å²) in [5.74, 6) is 0.415. The van der Waals surface area contributed by atoms with Gasteiger partial charge in [0.15, 0.2) is 0 Å². The van der Waals surface area contributed by atoms with Gasteiger partial charge >= 0.3 is 5.97 Å². The third kappa shape index (κ3) is 3.76. The summed E-state index contributed by atoms with van der Waals surface area (Å²) in [6.07, 6.45) is 2.46. The molecule has 3 unspecified atom stereocenters. The van der Waals surface area contributed by atoms with Crippen LogP contribution < -0.4 is 5.73 Å². The molecular weight excluding hydrogens is 204 g/mol. The lowest BCUT2D eigenvalue weighted by Crippen LogP contribution is -2.50. The van der Waals surface area contributed by atoms with Crippen molar-refractivity contribution in [2.75, 3.05) is 19.7 Å². The minimum atomic E-state index is -0.507. The molecule has 16 heavy (non-hydrogen) atoms. The van der Waals surface area contributed by atoms with Crippen LogP contribution in [-0.4, -0.2) is 42.6 Å². The number of nitrogens with two attached hydrogens (primary N) is 1. The van der Waals surface area contributed by atoms with Crippen LogP contribution in [0.2, 0.25) is 0 Å². The fourth-order valence-corrected chi connectivity index (χ4v) is 2.21. The van der Waals surface area contributed by atoms with Gasteiger partial charge in [-0.25, -0.2) is 0 Å². The quantitative estimate of drug-likeness (QED) is 0.729. The van der Waals surface area contributed by atoms with Crippen LogP contribution in [0, 0.1) is 5.92 Å². The first-order valence-electron chi connectivity index (χ1n) is 6.20. The van der Waals surface area contributed by atoms with Crippen molar-refractivity contribution in [3.8, 4) is 0 Å². The molecule has 1 fully saturated rings. The van der Waals surface area contributed by atoms with Gasteiger partial charge in [0.05, 0.1) is 6.61 Å². The SMILES string of the molecule is CCOC(=O)C(N)CN1CC(C)CCC1C. The molecule has 0 amide bonds. The average molecular weight is 228 g/mol. The van der Waals surface area contributed by atoms with Crippen LogP contribution in [0.15, 0.2) is 0 Å². The molecule has 0 aromatic carbocycles. The van der Waals surface area contributed by atoms with Crippen LogP contribution in [0.25, 0.3) is 0 Å². The number of hydrogen-bond acceptors (Lipinski definition) is 4. The third-order valence-electron chi connectivity index (χ3n) is 3.27. The van der Waals surface area contributed by atoms with Gasteiger partial charge in [0.1, 0.15) is 6.04 Å². The van der Waals surface area contributed by atoms with Crippen LogP contribution in [0.3, 0.4) is 0 Å². The zero-order valence-corrected chi connectivity index (χ0v) is 10.6. The highest BCUT2D eigenvalue weighted by molar-refractivity contribution is 5.75. The van der Waals surface area contributed by atoms with Crippen LogP contribution in [0.5, 0.6) is 0 Å². The van der Waals surface area contributed by atoms with Crippen LogP contribution in [-0.2, 0) is 9.53 Å². The Bertz CT molecular complexity index is 233. The standard InChI is InChI=1S/C12H24N2O2/c1-4-16-12(15)11(13)8-14-7-9(2)5-6-10(14)3/h9-11H,4-8,13H2,1-3H3. The van der Waals surface area contributed by atoms with Gasteiger partial charge in [-0.15, -0.1) is 0 Å². The van der Waals surface area contributed by atoms with E-state index in [-0.39, 0.29) is 5.97 Å². The lowest BCUT2D eigenvalue weighted by atomic mass is 9.94. The fraction of sp³-hybridized carbons (Fsp3) is 0.917. The maximum atomic E-state index is 11.4. The molecule has 2 N–H and O–H groups in total. The lowest BCUT2D eigenvalue weighted by Gasteiger charge is -2.37. The van der Waals surface area contributed by atoms with Crippen molar-refractivity contribution in [1.29, 1.82) is 0 Å². The Balaban J connectivity index is 2.42. The Morgan fingerprint density at radius 3 is 2.81 bits per heavy atom. The molecule has 1 rings (SSSR count). The third-order valence-corrected chi connectivity index (χ3v) is 3.27. The van der Waals surface area contributed by atoms with Crippen molar-refractivity contribution < 1.29 is 9.53 Å². The molecule has 0 saturated carbocycles. The van der Waals surface area contributed by atoms with Crippen molar-refractivity contribution in [2.24, 2.45) is 11.7 Å². The monoisotopic (exact) mass is 228 g/mol. The van der Waals surface area contributed by atoms with Gasteiger partial charge in [-0.2, -0.15) is 0 Å². The Labute approximate surface area is 98.1 Å². The van der Waals surface area contributed by atoms with E-state index in [1.54, 1.807) is 6.92 Å². The molecule has 0 spiro atoms. The van der Waals surface area contributed by atoms with Crippen LogP contribution in [0.1, 0.15) is 33.6 Å². The number of likely N-dealkylation sites (tertiary alicyclic amines) is 1. The minimum Gasteiger partial charge on any atom is -0.465 e. The molecule has 4 heteroatoms. The summed E-state index contributed by atoms with van der Waals surface area (Å²) in [4.78, 5) is 13.7. The van der Waals surface area contributed by atoms with E-state index in [4.69, 9.17) is 10.5 Å². The van der Waals surface area contributed by atoms with Crippen molar-refractivity contribution in [2.45, 2.75) is 45.7 Å². The predicted molar refractivity (Wildman–Crippen MR) is 64.0 cm³/mol. The van der Waals surface area contributed by atoms with Gasteiger partial charge in [0.25, 0.3) is 0 Å². The van der Waals surface area contributed by atoms with Crippen molar-refractivity contribution in [3.05, 3.63) is 0 Å². The largest absolute Gasteiger partial charge is 0.465 e. The first kappa shape index (κ1) is 13.5. The van der Waals surface area contributed by atoms with E-state index in [1.165, 1.54) is 12.8 Å².